The van der Waals surface area contributed by atoms with Crippen LogP contribution >= 0.6 is 0 Å². The second-order valence-electron chi connectivity index (χ2n) is 5.58. The third-order valence-electron chi connectivity index (χ3n) is 3.85. The second kappa shape index (κ2) is 6.77. The van der Waals surface area contributed by atoms with Crippen LogP contribution in [0.25, 0.3) is 0 Å². The van der Waals surface area contributed by atoms with Crippen molar-refractivity contribution in [3.63, 3.8) is 0 Å². The molecule has 1 aromatic rings. The summed E-state index contributed by atoms with van der Waals surface area (Å²) in [6, 6.07) is 1.82. The lowest BCUT2D eigenvalue weighted by molar-refractivity contribution is 0.0695. The third-order valence-corrected chi connectivity index (χ3v) is 5.23. The van der Waals surface area contributed by atoms with E-state index >= 15 is 0 Å². The number of carboxylic acid groups (broad SMARTS) is 1. The Morgan fingerprint density at radius 3 is 2.70 bits per heavy atom. The molecule has 1 aromatic carbocycles. The van der Waals surface area contributed by atoms with Crippen LogP contribution in [0.5, 0.6) is 0 Å². The highest BCUT2D eigenvalue weighted by atomic mass is 32.2. The molecule has 0 unspecified atom stereocenters. The zero-order chi connectivity index (χ0) is 17.2. The van der Waals surface area contributed by atoms with E-state index in [1.807, 2.05) is 13.1 Å². The topological polar surface area (TPSA) is 86.7 Å². The number of carboxylic acids is 1. The predicted octanol–water partition coefficient (Wildman–Crippen LogP) is 1.37. The predicted molar refractivity (Wildman–Crippen MR) is 83.5 cm³/mol. The Balaban J connectivity index is 2.21. The van der Waals surface area contributed by atoms with Crippen LogP contribution in [0.3, 0.4) is 0 Å². The summed E-state index contributed by atoms with van der Waals surface area (Å²) in [4.78, 5) is 12.8. The fraction of sp³-hybridized carbons (Fsp3) is 0.400. The lowest BCUT2D eigenvalue weighted by atomic mass is 10.1. The van der Waals surface area contributed by atoms with Crippen LogP contribution in [-0.2, 0) is 10.0 Å². The Morgan fingerprint density at radius 2 is 2.13 bits per heavy atom. The zero-order valence-corrected chi connectivity index (χ0v) is 13.8. The molecule has 0 aromatic heterocycles. The summed E-state index contributed by atoms with van der Waals surface area (Å²) in [5.41, 5.74) is 0.510. The first-order chi connectivity index (χ1) is 10.7. The highest BCUT2D eigenvalue weighted by Gasteiger charge is 2.21. The molecule has 0 fully saturated rings. The molecule has 2 rings (SSSR count). The van der Waals surface area contributed by atoms with Gasteiger partial charge < -0.3 is 10.0 Å². The van der Waals surface area contributed by atoms with Crippen molar-refractivity contribution in [2.24, 2.45) is 0 Å². The van der Waals surface area contributed by atoms with E-state index in [4.69, 9.17) is 5.11 Å². The van der Waals surface area contributed by atoms with Gasteiger partial charge in [-0.2, -0.15) is 0 Å². The van der Waals surface area contributed by atoms with Gasteiger partial charge in [0, 0.05) is 19.6 Å². The first kappa shape index (κ1) is 17.6. The number of rotatable bonds is 5. The molecule has 8 heteroatoms. The van der Waals surface area contributed by atoms with Crippen LogP contribution in [0.4, 0.5) is 4.39 Å². The SMILES string of the molecule is Cc1c(F)cc(S(=O)(=O)NCC2=CCN(C)CC2)cc1C(=O)O. The number of halogens is 1. The van der Waals surface area contributed by atoms with Crippen molar-refractivity contribution in [2.75, 3.05) is 26.7 Å². The standard InChI is InChI=1S/C15H19FN2O4S/c1-10-13(15(19)20)7-12(8-14(10)16)23(21,22)17-9-11-3-5-18(2)6-4-11/h3,7-8,17H,4-6,9H2,1-2H3,(H,19,20). The van der Waals surface area contributed by atoms with Crippen molar-refractivity contribution in [1.82, 2.24) is 9.62 Å². The molecule has 2 N–H and O–H groups in total. The lowest BCUT2D eigenvalue weighted by Crippen LogP contribution is -2.31. The van der Waals surface area contributed by atoms with E-state index in [1.54, 1.807) is 0 Å². The lowest BCUT2D eigenvalue weighted by Gasteiger charge is -2.22. The van der Waals surface area contributed by atoms with Crippen LogP contribution < -0.4 is 4.72 Å². The molecule has 0 saturated heterocycles. The summed E-state index contributed by atoms with van der Waals surface area (Å²) < 4.78 is 40.7. The highest BCUT2D eigenvalue weighted by Crippen LogP contribution is 2.20. The normalized spacial score (nSPS) is 16.2. The average Bonchev–Trinajstić information content (AvgIpc) is 2.49. The first-order valence-corrected chi connectivity index (χ1v) is 8.58. The molecule has 0 amide bonds. The van der Waals surface area contributed by atoms with Crippen LogP contribution in [0.15, 0.2) is 28.7 Å². The van der Waals surface area contributed by atoms with Crippen molar-refractivity contribution >= 4 is 16.0 Å². The van der Waals surface area contributed by atoms with Crippen LogP contribution in [0.1, 0.15) is 22.3 Å². The smallest absolute Gasteiger partial charge is 0.336 e. The van der Waals surface area contributed by atoms with Crippen molar-refractivity contribution in [2.45, 2.75) is 18.2 Å². The van der Waals surface area contributed by atoms with Crippen LogP contribution in [0.2, 0.25) is 0 Å². The van der Waals surface area contributed by atoms with Crippen LogP contribution in [0, 0.1) is 12.7 Å². The Bertz CT molecular complexity index is 759. The molecular weight excluding hydrogens is 323 g/mol. The molecular formula is C15H19FN2O4S. The molecule has 0 bridgehead atoms. The number of carbonyl (C=O) groups is 1. The Morgan fingerprint density at radius 1 is 1.43 bits per heavy atom. The zero-order valence-electron chi connectivity index (χ0n) is 13.0. The number of nitrogens with one attached hydrogen (secondary N) is 1. The third kappa shape index (κ3) is 4.15. The van der Waals surface area contributed by atoms with Crippen molar-refractivity contribution in [3.05, 3.63) is 40.7 Å². The van der Waals surface area contributed by atoms with E-state index in [9.17, 15) is 17.6 Å². The van der Waals surface area contributed by atoms with Crippen LogP contribution in [-0.4, -0.2) is 51.1 Å². The molecule has 1 aliphatic heterocycles. The molecule has 0 radical (unpaired) electrons. The maximum absolute atomic E-state index is 13.8. The molecule has 1 heterocycles. The molecule has 0 spiro atoms. The largest absolute Gasteiger partial charge is 0.478 e. The fourth-order valence-electron chi connectivity index (χ4n) is 2.28. The van der Waals surface area contributed by atoms with Gasteiger partial charge in [0.25, 0.3) is 0 Å². The maximum atomic E-state index is 13.8. The Hall–Kier alpha value is -1.77. The molecule has 6 nitrogen and oxygen atoms in total. The van der Waals surface area contributed by atoms with Gasteiger partial charge in [0.15, 0.2) is 0 Å². The molecule has 1 aliphatic rings. The number of sulfonamides is 1. The van der Waals surface area contributed by atoms with Gasteiger partial charge in [-0.15, -0.1) is 0 Å². The summed E-state index contributed by atoms with van der Waals surface area (Å²) in [5, 5.41) is 9.04. The minimum atomic E-state index is -3.98. The number of hydrogen-bond donors (Lipinski definition) is 2. The summed E-state index contributed by atoms with van der Waals surface area (Å²) in [7, 11) is -2.00. The number of aromatic carboxylic acids is 1. The minimum absolute atomic E-state index is 0.0884. The maximum Gasteiger partial charge on any atom is 0.336 e. The average molecular weight is 342 g/mol. The number of benzene rings is 1. The van der Waals surface area contributed by atoms with Gasteiger partial charge in [-0.05, 0) is 38.1 Å². The van der Waals surface area contributed by atoms with Gasteiger partial charge in [-0.25, -0.2) is 22.3 Å². The highest BCUT2D eigenvalue weighted by molar-refractivity contribution is 7.89. The monoisotopic (exact) mass is 342 g/mol. The first-order valence-electron chi connectivity index (χ1n) is 7.10. The molecule has 126 valence electrons. The fourth-order valence-corrected chi connectivity index (χ4v) is 3.35. The number of nitrogens with zero attached hydrogens (tertiary/aromatic N) is 1. The van der Waals surface area contributed by atoms with Gasteiger partial charge in [-0.3, -0.25) is 0 Å². The molecule has 23 heavy (non-hydrogen) atoms. The van der Waals surface area contributed by atoms with E-state index < -0.39 is 21.8 Å². The summed E-state index contributed by atoms with van der Waals surface area (Å²) in [6.07, 6.45) is 2.70. The summed E-state index contributed by atoms with van der Waals surface area (Å²) in [5.74, 6) is -2.22. The van der Waals surface area contributed by atoms with Gasteiger partial charge >= 0.3 is 5.97 Å². The minimum Gasteiger partial charge on any atom is -0.478 e. The number of likely N-dealkylation sites (N-methyl/N-ethyl adjacent to an activating group) is 1. The Labute approximate surface area is 134 Å². The second-order valence-corrected chi connectivity index (χ2v) is 7.35. The molecule has 0 saturated carbocycles. The van der Waals surface area contributed by atoms with Gasteiger partial charge in [-0.1, -0.05) is 11.6 Å². The van der Waals surface area contributed by atoms with Crippen molar-refractivity contribution in [1.29, 1.82) is 0 Å². The van der Waals surface area contributed by atoms with E-state index in [0.717, 1.165) is 37.2 Å². The van der Waals surface area contributed by atoms with Crippen molar-refractivity contribution in [3.8, 4) is 0 Å². The number of hydrogen-bond acceptors (Lipinski definition) is 4. The summed E-state index contributed by atoms with van der Waals surface area (Å²) >= 11 is 0. The van der Waals surface area contributed by atoms with Crippen molar-refractivity contribution < 1.29 is 22.7 Å². The molecule has 0 atom stereocenters. The van der Waals surface area contributed by atoms with E-state index in [0.29, 0.717) is 0 Å². The van der Waals surface area contributed by atoms with Gasteiger partial charge in [0.2, 0.25) is 10.0 Å². The van der Waals surface area contributed by atoms with Gasteiger partial charge in [0.05, 0.1) is 10.5 Å². The van der Waals surface area contributed by atoms with E-state index in [1.165, 1.54) is 6.92 Å². The summed E-state index contributed by atoms with van der Waals surface area (Å²) in [6.45, 7) is 3.02. The van der Waals surface area contributed by atoms with E-state index in [-0.39, 0.29) is 22.6 Å². The van der Waals surface area contributed by atoms with E-state index in [2.05, 4.69) is 9.62 Å². The quantitative estimate of drug-likeness (QED) is 0.790. The Kier molecular flexibility index (Phi) is 5.18. The van der Waals surface area contributed by atoms with Gasteiger partial charge in [0.1, 0.15) is 5.82 Å². The molecule has 0 aliphatic carbocycles.